The number of benzene rings is 1. The second kappa shape index (κ2) is 8.04. The number of carbonyl (C=O) groups is 1. The number of carbonyl (C=O) groups excluding carboxylic acids is 1. The minimum Gasteiger partial charge on any atom is -0.497 e. The molecule has 0 bridgehead atoms. The Labute approximate surface area is 122 Å². The summed E-state index contributed by atoms with van der Waals surface area (Å²) < 4.78 is 10.4. The highest BCUT2D eigenvalue weighted by atomic mass is 79.9. The molecule has 0 atom stereocenters. The average molecular weight is 330 g/mol. The van der Waals surface area contributed by atoms with Gasteiger partial charge in [0.2, 0.25) is 0 Å². The van der Waals surface area contributed by atoms with E-state index in [-0.39, 0.29) is 5.91 Å². The summed E-state index contributed by atoms with van der Waals surface area (Å²) in [5.41, 5.74) is 0.567. The summed E-state index contributed by atoms with van der Waals surface area (Å²) >= 11 is 3.37. The molecule has 0 saturated heterocycles. The highest BCUT2D eigenvalue weighted by molar-refractivity contribution is 9.09. The first-order chi connectivity index (χ1) is 9.17. The molecule has 19 heavy (non-hydrogen) atoms. The molecule has 1 amide bonds. The van der Waals surface area contributed by atoms with E-state index < -0.39 is 0 Å². The maximum absolute atomic E-state index is 12.5. The number of hydrogen-bond donors (Lipinski definition) is 0. The molecule has 0 radical (unpaired) electrons. The molecule has 0 aromatic heterocycles. The normalized spacial score (nSPS) is 10.1. The van der Waals surface area contributed by atoms with E-state index >= 15 is 0 Å². The minimum atomic E-state index is -0.0131. The van der Waals surface area contributed by atoms with Crippen LogP contribution in [0.4, 0.5) is 0 Å². The molecule has 0 aliphatic heterocycles. The third-order valence-corrected chi connectivity index (χ3v) is 3.13. The quantitative estimate of drug-likeness (QED) is 0.722. The van der Waals surface area contributed by atoms with E-state index in [0.29, 0.717) is 23.6 Å². The van der Waals surface area contributed by atoms with Crippen LogP contribution in [0.5, 0.6) is 11.5 Å². The smallest absolute Gasteiger partial charge is 0.257 e. The zero-order chi connectivity index (χ0) is 14.3. The van der Waals surface area contributed by atoms with Gasteiger partial charge in [-0.3, -0.25) is 4.79 Å². The van der Waals surface area contributed by atoms with Crippen molar-refractivity contribution in [3.05, 3.63) is 23.8 Å². The first-order valence-corrected chi connectivity index (χ1v) is 7.37. The number of nitrogens with zero attached hydrogens (tertiary/aromatic N) is 1. The molecule has 0 saturated carbocycles. The summed E-state index contributed by atoms with van der Waals surface area (Å²) in [6.07, 6.45) is 0.928. The fourth-order valence-corrected chi connectivity index (χ4v) is 2.26. The van der Waals surface area contributed by atoms with Crippen LogP contribution in [-0.4, -0.2) is 43.4 Å². The van der Waals surface area contributed by atoms with Crippen molar-refractivity contribution in [3.8, 4) is 11.5 Å². The molecule has 106 valence electrons. The lowest BCUT2D eigenvalue weighted by Gasteiger charge is -2.22. The monoisotopic (exact) mass is 329 g/mol. The molecule has 1 rings (SSSR count). The Morgan fingerprint density at radius 1 is 1.26 bits per heavy atom. The van der Waals surface area contributed by atoms with Crippen molar-refractivity contribution in [2.75, 3.05) is 32.6 Å². The van der Waals surface area contributed by atoms with Crippen LogP contribution in [0.1, 0.15) is 23.7 Å². The van der Waals surface area contributed by atoms with Crippen molar-refractivity contribution >= 4 is 21.8 Å². The third kappa shape index (κ3) is 4.13. The first-order valence-electron chi connectivity index (χ1n) is 6.25. The van der Waals surface area contributed by atoms with E-state index in [0.717, 1.165) is 18.3 Å². The summed E-state index contributed by atoms with van der Waals surface area (Å²) in [5, 5.41) is 0.761. The Bertz CT molecular complexity index is 417. The van der Waals surface area contributed by atoms with Gasteiger partial charge in [-0.2, -0.15) is 0 Å². The standard InChI is InChI=1S/C14H20BrNO3/c1-4-8-16(9-7-15)14(17)12-6-5-11(18-2)10-13(12)19-3/h5-6,10H,4,7-9H2,1-3H3. The molecular formula is C14H20BrNO3. The molecule has 0 spiro atoms. The number of halogens is 1. The van der Waals surface area contributed by atoms with E-state index in [4.69, 9.17) is 9.47 Å². The maximum atomic E-state index is 12.5. The van der Waals surface area contributed by atoms with Gasteiger partial charge in [-0.05, 0) is 18.6 Å². The van der Waals surface area contributed by atoms with Crippen LogP contribution in [0, 0.1) is 0 Å². The second-order valence-electron chi connectivity index (χ2n) is 4.05. The molecule has 0 aliphatic rings. The lowest BCUT2D eigenvalue weighted by atomic mass is 10.1. The molecule has 0 unspecified atom stereocenters. The third-order valence-electron chi connectivity index (χ3n) is 2.77. The van der Waals surface area contributed by atoms with Gasteiger partial charge >= 0.3 is 0 Å². The summed E-state index contributed by atoms with van der Waals surface area (Å²) in [4.78, 5) is 14.3. The molecule has 4 nitrogen and oxygen atoms in total. The van der Waals surface area contributed by atoms with E-state index in [9.17, 15) is 4.79 Å². The number of rotatable bonds is 7. The number of amides is 1. The molecular weight excluding hydrogens is 310 g/mol. The predicted octanol–water partition coefficient (Wildman–Crippen LogP) is 2.95. The van der Waals surface area contributed by atoms with E-state index in [2.05, 4.69) is 22.9 Å². The summed E-state index contributed by atoms with van der Waals surface area (Å²) in [6.45, 7) is 3.47. The molecule has 1 aromatic carbocycles. The summed E-state index contributed by atoms with van der Waals surface area (Å²) in [6, 6.07) is 5.25. The Balaban J connectivity index is 3.02. The van der Waals surface area contributed by atoms with Crippen molar-refractivity contribution in [1.29, 1.82) is 0 Å². The van der Waals surface area contributed by atoms with Crippen molar-refractivity contribution in [2.45, 2.75) is 13.3 Å². The number of alkyl halides is 1. The van der Waals surface area contributed by atoms with Crippen molar-refractivity contribution in [3.63, 3.8) is 0 Å². The fourth-order valence-electron chi connectivity index (χ4n) is 1.83. The van der Waals surface area contributed by atoms with Gasteiger partial charge in [0.05, 0.1) is 19.8 Å². The van der Waals surface area contributed by atoms with Crippen LogP contribution in [0.3, 0.4) is 0 Å². The SMILES string of the molecule is CCCN(CCBr)C(=O)c1ccc(OC)cc1OC. The molecule has 0 N–H and O–H groups in total. The van der Waals surface area contributed by atoms with Gasteiger partial charge in [0.15, 0.2) is 0 Å². The molecule has 1 aromatic rings. The average Bonchev–Trinajstić information content (AvgIpc) is 2.45. The topological polar surface area (TPSA) is 38.8 Å². The molecule has 0 aliphatic carbocycles. The first kappa shape index (κ1) is 15.8. The summed E-state index contributed by atoms with van der Waals surface area (Å²) in [5.74, 6) is 1.21. The lowest BCUT2D eigenvalue weighted by Crippen LogP contribution is -2.33. The van der Waals surface area contributed by atoms with Gasteiger partial charge in [-0.1, -0.05) is 22.9 Å². The van der Waals surface area contributed by atoms with Crippen LogP contribution in [0.15, 0.2) is 18.2 Å². The van der Waals surface area contributed by atoms with E-state index in [1.807, 2.05) is 4.90 Å². The van der Waals surface area contributed by atoms with Gasteiger partial charge in [0.1, 0.15) is 11.5 Å². The maximum Gasteiger partial charge on any atom is 0.257 e. The van der Waals surface area contributed by atoms with Crippen LogP contribution < -0.4 is 9.47 Å². The van der Waals surface area contributed by atoms with Gasteiger partial charge in [0, 0.05) is 24.5 Å². The van der Waals surface area contributed by atoms with Gasteiger partial charge in [0.25, 0.3) is 5.91 Å². The Morgan fingerprint density at radius 2 is 2.00 bits per heavy atom. The minimum absolute atomic E-state index is 0.0131. The van der Waals surface area contributed by atoms with Crippen LogP contribution in [0.2, 0.25) is 0 Å². The lowest BCUT2D eigenvalue weighted by molar-refractivity contribution is 0.0763. The second-order valence-corrected chi connectivity index (χ2v) is 4.84. The van der Waals surface area contributed by atoms with Gasteiger partial charge in [-0.25, -0.2) is 0 Å². The Kier molecular flexibility index (Phi) is 6.70. The van der Waals surface area contributed by atoms with Crippen molar-refractivity contribution < 1.29 is 14.3 Å². The summed E-state index contributed by atoms with van der Waals surface area (Å²) in [7, 11) is 3.14. The molecule has 5 heteroatoms. The zero-order valence-corrected chi connectivity index (χ0v) is 13.2. The fraction of sp³-hybridized carbons (Fsp3) is 0.500. The Hall–Kier alpha value is -1.23. The number of methoxy groups -OCH3 is 2. The van der Waals surface area contributed by atoms with Gasteiger partial charge < -0.3 is 14.4 Å². The van der Waals surface area contributed by atoms with Crippen molar-refractivity contribution in [1.82, 2.24) is 4.90 Å². The zero-order valence-electron chi connectivity index (χ0n) is 11.6. The Morgan fingerprint density at radius 3 is 2.53 bits per heavy atom. The van der Waals surface area contributed by atoms with Crippen LogP contribution >= 0.6 is 15.9 Å². The highest BCUT2D eigenvalue weighted by Gasteiger charge is 2.19. The van der Waals surface area contributed by atoms with Crippen LogP contribution in [0.25, 0.3) is 0 Å². The van der Waals surface area contributed by atoms with E-state index in [1.165, 1.54) is 0 Å². The molecule has 0 heterocycles. The highest BCUT2D eigenvalue weighted by Crippen LogP contribution is 2.25. The van der Waals surface area contributed by atoms with Crippen molar-refractivity contribution in [2.24, 2.45) is 0 Å². The predicted molar refractivity (Wildman–Crippen MR) is 79.5 cm³/mol. The largest absolute Gasteiger partial charge is 0.497 e. The van der Waals surface area contributed by atoms with E-state index in [1.54, 1.807) is 32.4 Å². The molecule has 0 fully saturated rings. The van der Waals surface area contributed by atoms with Crippen LogP contribution in [-0.2, 0) is 0 Å². The number of ether oxygens (including phenoxy) is 2. The number of hydrogen-bond acceptors (Lipinski definition) is 3. The van der Waals surface area contributed by atoms with Gasteiger partial charge in [-0.15, -0.1) is 0 Å².